The van der Waals surface area contributed by atoms with E-state index in [1.165, 1.54) is 30.9 Å². The van der Waals surface area contributed by atoms with Crippen LogP contribution >= 0.6 is 0 Å². The van der Waals surface area contributed by atoms with Gasteiger partial charge in [0.25, 0.3) is 0 Å². The monoisotopic (exact) mass is 399 g/mol. The second-order valence-electron chi connectivity index (χ2n) is 6.67. The lowest BCUT2D eigenvalue weighted by molar-refractivity contribution is 0.0695. The molecule has 148 valence electrons. The van der Waals surface area contributed by atoms with Crippen molar-refractivity contribution >= 4 is 17.7 Å². The van der Waals surface area contributed by atoms with Gasteiger partial charge in [0.15, 0.2) is 0 Å². The molecule has 0 amide bonds. The number of halogens is 1. The Kier molecular flexibility index (Phi) is 5.48. The van der Waals surface area contributed by atoms with Crippen LogP contribution in [0.25, 0.3) is 11.8 Å². The molecular formula is C24H18FN3O2. The number of hydrogen-bond donors (Lipinski definition) is 1. The van der Waals surface area contributed by atoms with E-state index >= 15 is 4.39 Å². The molecule has 0 radical (unpaired) electrons. The van der Waals surface area contributed by atoms with Crippen molar-refractivity contribution in [2.75, 3.05) is 0 Å². The summed E-state index contributed by atoms with van der Waals surface area (Å²) < 4.78 is 16.7. The molecule has 1 atom stereocenters. The van der Waals surface area contributed by atoms with E-state index in [-0.39, 0.29) is 11.1 Å². The lowest BCUT2D eigenvalue weighted by atomic mass is 9.84. The lowest BCUT2D eigenvalue weighted by Crippen LogP contribution is -2.16. The topological polar surface area (TPSA) is 68.0 Å². The average Bonchev–Trinajstić information content (AvgIpc) is 3.30. The minimum atomic E-state index is -1.19. The molecule has 0 aliphatic rings. The van der Waals surface area contributed by atoms with Crippen LogP contribution in [-0.4, -0.2) is 25.8 Å². The summed E-state index contributed by atoms with van der Waals surface area (Å²) in [7, 11) is 0. The molecule has 5 nitrogen and oxygen atoms in total. The van der Waals surface area contributed by atoms with Gasteiger partial charge in [-0.1, -0.05) is 66.7 Å². The van der Waals surface area contributed by atoms with Gasteiger partial charge < -0.3 is 5.11 Å². The summed E-state index contributed by atoms with van der Waals surface area (Å²) in [6.45, 7) is 0. The van der Waals surface area contributed by atoms with Gasteiger partial charge in [-0.2, -0.15) is 5.10 Å². The highest BCUT2D eigenvalue weighted by Gasteiger charge is 2.29. The van der Waals surface area contributed by atoms with Crippen LogP contribution in [0, 0.1) is 5.82 Å². The average molecular weight is 399 g/mol. The van der Waals surface area contributed by atoms with Crippen molar-refractivity contribution in [1.82, 2.24) is 14.8 Å². The van der Waals surface area contributed by atoms with E-state index in [4.69, 9.17) is 0 Å². The zero-order valence-corrected chi connectivity index (χ0v) is 15.9. The first kappa shape index (κ1) is 19.3. The summed E-state index contributed by atoms with van der Waals surface area (Å²) in [5.41, 5.74) is 2.18. The van der Waals surface area contributed by atoms with Crippen molar-refractivity contribution in [3.05, 3.63) is 120 Å². The van der Waals surface area contributed by atoms with Gasteiger partial charge in [-0.25, -0.2) is 18.9 Å². The van der Waals surface area contributed by atoms with Gasteiger partial charge in [-0.05, 0) is 29.3 Å². The molecule has 0 fully saturated rings. The SMILES string of the molecule is O=C(O)c1cccc(F)c1C(/C(=C\c1ccccc1)n1cncn1)c1ccccc1. The normalized spacial score (nSPS) is 12.5. The maximum Gasteiger partial charge on any atom is 0.336 e. The second-order valence-corrected chi connectivity index (χ2v) is 6.67. The molecule has 0 aliphatic heterocycles. The molecule has 0 spiro atoms. The number of carboxylic acid groups (broad SMARTS) is 1. The Hall–Kier alpha value is -4.06. The minimum absolute atomic E-state index is 0.0777. The summed E-state index contributed by atoms with van der Waals surface area (Å²) in [6.07, 6.45) is 4.77. The number of aromatic nitrogens is 3. The summed E-state index contributed by atoms with van der Waals surface area (Å²) in [5, 5.41) is 14.0. The van der Waals surface area contributed by atoms with Crippen LogP contribution in [-0.2, 0) is 0 Å². The Balaban J connectivity index is 2.03. The molecule has 30 heavy (non-hydrogen) atoms. The zero-order chi connectivity index (χ0) is 20.9. The van der Waals surface area contributed by atoms with Gasteiger partial charge in [-0.3, -0.25) is 0 Å². The third kappa shape index (κ3) is 3.89. The third-order valence-corrected chi connectivity index (χ3v) is 4.80. The first-order chi connectivity index (χ1) is 14.6. The van der Waals surface area contributed by atoms with Crippen LogP contribution in [0.5, 0.6) is 0 Å². The first-order valence-electron chi connectivity index (χ1n) is 9.33. The number of allylic oxidation sites excluding steroid dienone is 1. The van der Waals surface area contributed by atoms with Crippen molar-refractivity contribution < 1.29 is 14.3 Å². The van der Waals surface area contributed by atoms with Crippen molar-refractivity contribution in [3.8, 4) is 0 Å². The van der Waals surface area contributed by atoms with E-state index in [2.05, 4.69) is 10.1 Å². The molecule has 0 aliphatic carbocycles. The first-order valence-corrected chi connectivity index (χ1v) is 9.33. The quantitative estimate of drug-likeness (QED) is 0.498. The number of rotatable bonds is 6. The Morgan fingerprint density at radius 3 is 2.30 bits per heavy atom. The predicted molar refractivity (Wildman–Crippen MR) is 112 cm³/mol. The van der Waals surface area contributed by atoms with Crippen molar-refractivity contribution in [2.45, 2.75) is 5.92 Å². The molecule has 4 rings (SSSR count). The fraction of sp³-hybridized carbons (Fsp3) is 0.0417. The van der Waals surface area contributed by atoms with Crippen LogP contribution in [0.3, 0.4) is 0 Å². The Labute approximate surface area is 172 Å². The molecule has 0 bridgehead atoms. The van der Waals surface area contributed by atoms with Crippen LogP contribution in [0.2, 0.25) is 0 Å². The van der Waals surface area contributed by atoms with Crippen LogP contribution in [0.15, 0.2) is 91.5 Å². The number of carbonyl (C=O) groups is 1. The number of hydrogen-bond acceptors (Lipinski definition) is 3. The van der Waals surface area contributed by atoms with Crippen LogP contribution in [0.4, 0.5) is 4.39 Å². The standard InChI is InChI=1S/C24H18FN3O2/c25-20-13-7-12-19(24(29)30)23(20)22(18-10-5-2-6-11-18)21(28-16-26-15-27-28)14-17-8-3-1-4-9-17/h1-16,22H,(H,29,30)/b21-14+. The highest BCUT2D eigenvalue weighted by atomic mass is 19.1. The zero-order valence-electron chi connectivity index (χ0n) is 15.9. The molecule has 0 saturated heterocycles. The lowest BCUT2D eigenvalue weighted by Gasteiger charge is -2.24. The molecule has 0 saturated carbocycles. The Bertz CT molecular complexity index is 1170. The molecule has 3 aromatic carbocycles. The van der Waals surface area contributed by atoms with Crippen molar-refractivity contribution in [1.29, 1.82) is 0 Å². The van der Waals surface area contributed by atoms with Gasteiger partial charge in [0.05, 0.1) is 17.2 Å². The number of benzene rings is 3. The second kappa shape index (κ2) is 8.53. The largest absolute Gasteiger partial charge is 0.478 e. The molecule has 4 aromatic rings. The van der Waals surface area contributed by atoms with E-state index in [1.807, 2.05) is 66.7 Å². The maximum absolute atomic E-state index is 15.2. The van der Waals surface area contributed by atoms with Crippen molar-refractivity contribution in [2.24, 2.45) is 0 Å². The predicted octanol–water partition coefficient (Wildman–Crippen LogP) is 4.95. The molecule has 1 N–H and O–H groups in total. The van der Waals surface area contributed by atoms with Crippen LogP contribution in [0.1, 0.15) is 33.0 Å². The maximum atomic E-state index is 15.2. The van der Waals surface area contributed by atoms with Gasteiger partial charge in [0.2, 0.25) is 0 Å². The van der Waals surface area contributed by atoms with Gasteiger partial charge in [0, 0.05) is 5.56 Å². The molecule has 1 heterocycles. The molecule has 6 heteroatoms. The van der Waals surface area contributed by atoms with Crippen LogP contribution < -0.4 is 0 Å². The van der Waals surface area contributed by atoms with Crippen molar-refractivity contribution in [3.63, 3.8) is 0 Å². The molecule has 1 aromatic heterocycles. The number of carboxylic acids is 1. The Morgan fingerprint density at radius 2 is 1.67 bits per heavy atom. The minimum Gasteiger partial charge on any atom is -0.478 e. The summed E-state index contributed by atoms with van der Waals surface area (Å²) in [4.78, 5) is 16.0. The van der Waals surface area contributed by atoms with Gasteiger partial charge >= 0.3 is 5.97 Å². The summed E-state index contributed by atoms with van der Waals surface area (Å²) in [5.74, 6) is -2.51. The number of aromatic carboxylic acids is 1. The molecular weight excluding hydrogens is 381 g/mol. The van der Waals surface area contributed by atoms with E-state index in [0.717, 1.165) is 11.1 Å². The van der Waals surface area contributed by atoms with E-state index in [1.54, 1.807) is 4.68 Å². The summed E-state index contributed by atoms with van der Waals surface area (Å²) >= 11 is 0. The third-order valence-electron chi connectivity index (χ3n) is 4.80. The molecule has 1 unspecified atom stereocenters. The fourth-order valence-corrected chi connectivity index (χ4v) is 3.49. The highest BCUT2D eigenvalue weighted by molar-refractivity contribution is 5.91. The van der Waals surface area contributed by atoms with E-state index < -0.39 is 17.7 Å². The van der Waals surface area contributed by atoms with E-state index in [9.17, 15) is 9.90 Å². The number of nitrogens with zero attached hydrogens (tertiary/aromatic N) is 3. The highest BCUT2D eigenvalue weighted by Crippen LogP contribution is 2.38. The summed E-state index contributed by atoms with van der Waals surface area (Å²) in [6, 6.07) is 22.8. The Morgan fingerprint density at radius 1 is 0.967 bits per heavy atom. The van der Waals surface area contributed by atoms with Gasteiger partial charge in [0.1, 0.15) is 18.5 Å². The van der Waals surface area contributed by atoms with E-state index in [0.29, 0.717) is 5.70 Å². The fourth-order valence-electron chi connectivity index (χ4n) is 3.49. The smallest absolute Gasteiger partial charge is 0.336 e. The van der Waals surface area contributed by atoms with Gasteiger partial charge in [-0.15, -0.1) is 0 Å².